The van der Waals surface area contributed by atoms with Crippen LogP contribution in [0.25, 0.3) is 0 Å². The third-order valence-corrected chi connectivity index (χ3v) is 7.30. The maximum absolute atomic E-state index is 13.3. The average molecular weight is 453 g/mol. The highest BCUT2D eigenvalue weighted by atomic mass is 16.6. The molecule has 2 fully saturated rings. The van der Waals surface area contributed by atoms with Crippen molar-refractivity contribution in [3.8, 4) is 11.5 Å². The summed E-state index contributed by atoms with van der Waals surface area (Å²) in [7, 11) is 0. The van der Waals surface area contributed by atoms with E-state index in [1.165, 1.54) is 12.1 Å². The number of esters is 1. The SMILES string of the molecule is CC1(C)[C@@]2(C)CC[C@@]1(C(=O)Nc1ccccc1OCCOc1ccc(C(=O)O)cc1)OC2=O. The molecule has 8 heteroatoms. The Balaban J connectivity index is 1.38. The first-order chi connectivity index (χ1) is 15.6. The van der Waals surface area contributed by atoms with Crippen molar-refractivity contribution in [3.63, 3.8) is 0 Å². The van der Waals surface area contributed by atoms with E-state index < -0.39 is 22.4 Å². The molecule has 0 spiro atoms. The summed E-state index contributed by atoms with van der Waals surface area (Å²) in [5.74, 6) is -0.685. The van der Waals surface area contributed by atoms with Crippen LogP contribution < -0.4 is 14.8 Å². The largest absolute Gasteiger partial charge is 0.490 e. The second-order valence-corrected chi connectivity index (χ2v) is 9.15. The molecule has 1 amide bonds. The molecule has 2 aromatic rings. The fourth-order valence-corrected chi connectivity index (χ4v) is 4.67. The van der Waals surface area contributed by atoms with Crippen LogP contribution in [0.2, 0.25) is 0 Å². The number of aromatic carboxylic acids is 1. The number of carbonyl (C=O) groups excluding carboxylic acids is 2. The van der Waals surface area contributed by atoms with Crippen molar-refractivity contribution < 1.29 is 33.7 Å². The number of nitrogens with one attached hydrogen (secondary N) is 1. The van der Waals surface area contributed by atoms with Crippen molar-refractivity contribution in [2.75, 3.05) is 18.5 Å². The molecule has 8 nitrogen and oxygen atoms in total. The monoisotopic (exact) mass is 453 g/mol. The zero-order valence-electron chi connectivity index (χ0n) is 18.8. The maximum Gasteiger partial charge on any atom is 0.335 e. The molecule has 2 bridgehead atoms. The van der Waals surface area contributed by atoms with Gasteiger partial charge >= 0.3 is 11.9 Å². The normalized spacial score (nSPS) is 24.8. The number of amides is 1. The van der Waals surface area contributed by atoms with Gasteiger partial charge in [0.05, 0.1) is 16.7 Å². The van der Waals surface area contributed by atoms with E-state index in [4.69, 9.17) is 19.3 Å². The van der Waals surface area contributed by atoms with Gasteiger partial charge < -0.3 is 24.6 Å². The Kier molecular flexibility index (Phi) is 5.56. The Morgan fingerprint density at radius 2 is 1.67 bits per heavy atom. The molecule has 2 aliphatic rings. The summed E-state index contributed by atoms with van der Waals surface area (Å²) in [6.45, 7) is 6.11. The molecule has 0 unspecified atom stereocenters. The van der Waals surface area contributed by atoms with Crippen molar-refractivity contribution in [3.05, 3.63) is 54.1 Å². The minimum Gasteiger partial charge on any atom is -0.490 e. The first-order valence-electron chi connectivity index (χ1n) is 10.8. The molecule has 4 rings (SSSR count). The number of carboxylic acid groups (broad SMARTS) is 1. The molecule has 1 aliphatic carbocycles. The Labute approximate surface area is 191 Å². The van der Waals surface area contributed by atoms with Gasteiger partial charge in [0.1, 0.15) is 24.7 Å². The minimum atomic E-state index is -1.21. The Morgan fingerprint density at radius 3 is 2.27 bits per heavy atom. The summed E-state index contributed by atoms with van der Waals surface area (Å²) in [5, 5.41) is 11.8. The van der Waals surface area contributed by atoms with E-state index in [0.717, 1.165) is 0 Å². The summed E-state index contributed by atoms with van der Waals surface area (Å²) >= 11 is 0. The molecule has 0 aromatic heterocycles. The topological polar surface area (TPSA) is 111 Å². The first-order valence-corrected chi connectivity index (χ1v) is 10.8. The molecule has 174 valence electrons. The number of para-hydroxylation sites is 2. The van der Waals surface area contributed by atoms with E-state index in [1.807, 2.05) is 20.8 Å². The number of anilines is 1. The zero-order valence-corrected chi connectivity index (χ0v) is 18.8. The van der Waals surface area contributed by atoms with Crippen LogP contribution >= 0.6 is 0 Å². The Hall–Kier alpha value is -3.55. The number of benzene rings is 2. The molecular formula is C25H27NO7. The number of rotatable bonds is 8. The summed E-state index contributed by atoms with van der Waals surface area (Å²) in [4.78, 5) is 36.7. The summed E-state index contributed by atoms with van der Waals surface area (Å²) in [6.07, 6.45) is 1.08. The van der Waals surface area contributed by atoms with Crippen LogP contribution in [0.3, 0.4) is 0 Å². The van der Waals surface area contributed by atoms with Crippen molar-refractivity contribution >= 4 is 23.5 Å². The van der Waals surface area contributed by atoms with Crippen molar-refractivity contribution in [2.45, 2.75) is 39.2 Å². The van der Waals surface area contributed by atoms with E-state index >= 15 is 0 Å². The lowest BCUT2D eigenvalue weighted by Gasteiger charge is -2.35. The number of carboxylic acids is 1. The summed E-state index contributed by atoms with van der Waals surface area (Å²) in [5.41, 5.74) is -1.87. The van der Waals surface area contributed by atoms with Crippen molar-refractivity contribution in [1.29, 1.82) is 0 Å². The van der Waals surface area contributed by atoms with Gasteiger partial charge in [-0.15, -0.1) is 0 Å². The fourth-order valence-electron chi connectivity index (χ4n) is 4.67. The van der Waals surface area contributed by atoms with Crippen LogP contribution in [0.15, 0.2) is 48.5 Å². The Morgan fingerprint density at radius 1 is 1.00 bits per heavy atom. The van der Waals surface area contributed by atoms with E-state index in [1.54, 1.807) is 36.4 Å². The third kappa shape index (κ3) is 3.59. The number of fused-ring (bicyclic) bond motifs is 2. The van der Waals surface area contributed by atoms with E-state index in [2.05, 4.69) is 5.32 Å². The fraction of sp³-hybridized carbons (Fsp3) is 0.400. The zero-order chi connectivity index (χ0) is 23.9. The van der Waals surface area contributed by atoms with E-state index in [0.29, 0.717) is 30.0 Å². The highest BCUT2D eigenvalue weighted by Crippen LogP contribution is 2.65. The van der Waals surface area contributed by atoms with Gasteiger partial charge in [-0.2, -0.15) is 0 Å². The lowest BCUT2D eigenvalue weighted by molar-refractivity contribution is -0.165. The van der Waals surface area contributed by atoms with Gasteiger partial charge in [-0.3, -0.25) is 9.59 Å². The second kappa shape index (κ2) is 8.10. The van der Waals surface area contributed by atoms with Gasteiger partial charge in [0.2, 0.25) is 0 Å². The van der Waals surface area contributed by atoms with Crippen molar-refractivity contribution in [1.82, 2.24) is 0 Å². The van der Waals surface area contributed by atoms with Crippen LogP contribution in [0.5, 0.6) is 11.5 Å². The van der Waals surface area contributed by atoms with Gasteiger partial charge in [0.15, 0.2) is 5.60 Å². The Bertz CT molecular complexity index is 1090. The molecule has 2 aromatic carbocycles. The molecule has 2 N–H and O–H groups in total. The van der Waals surface area contributed by atoms with Crippen molar-refractivity contribution in [2.24, 2.45) is 10.8 Å². The average Bonchev–Trinajstić information content (AvgIpc) is 3.08. The minimum absolute atomic E-state index is 0.182. The van der Waals surface area contributed by atoms with E-state index in [9.17, 15) is 14.4 Å². The molecule has 1 saturated heterocycles. The van der Waals surface area contributed by atoms with Crippen LogP contribution in [0.4, 0.5) is 5.69 Å². The van der Waals surface area contributed by atoms with Gasteiger partial charge in [-0.05, 0) is 56.2 Å². The quantitative estimate of drug-likeness (QED) is 0.461. The van der Waals surface area contributed by atoms with E-state index in [-0.39, 0.29) is 30.7 Å². The first kappa shape index (κ1) is 22.6. The molecule has 0 radical (unpaired) electrons. The van der Waals surface area contributed by atoms with Gasteiger partial charge in [-0.1, -0.05) is 26.0 Å². The van der Waals surface area contributed by atoms with Gasteiger partial charge in [-0.25, -0.2) is 4.79 Å². The molecule has 1 aliphatic heterocycles. The molecule has 33 heavy (non-hydrogen) atoms. The maximum atomic E-state index is 13.3. The van der Waals surface area contributed by atoms with Crippen LogP contribution in [0.1, 0.15) is 44.0 Å². The molecule has 2 atom stereocenters. The predicted molar refractivity (Wildman–Crippen MR) is 119 cm³/mol. The number of hydrogen-bond acceptors (Lipinski definition) is 6. The smallest absolute Gasteiger partial charge is 0.335 e. The summed E-state index contributed by atoms with van der Waals surface area (Å²) in [6, 6.07) is 13.1. The van der Waals surface area contributed by atoms with Crippen LogP contribution in [0, 0.1) is 10.8 Å². The highest BCUT2D eigenvalue weighted by Gasteiger charge is 2.75. The highest BCUT2D eigenvalue weighted by molar-refractivity contribution is 6.04. The number of carbonyl (C=O) groups is 3. The van der Waals surface area contributed by atoms with Gasteiger partial charge in [0, 0.05) is 5.41 Å². The predicted octanol–water partition coefficient (Wildman–Crippen LogP) is 3.90. The number of ether oxygens (including phenoxy) is 3. The standard InChI is InChI=1S/C25H27NO7/c1-23(2)24(3)12-13-25(23,33-22(24)30)21(29)26-18-6-4-5-7-19(18)32-15-14-31-17-10-8-16(9-11-17)20(27)28/h4-11H,12-15H2,1-3H3,(H,26,29)(H,27,28)/t24-,25-/m0/s1. The second-order valence-electron chi connectivity index (χ2n) is 9.15. The summed E-state index contributed by atoms with van der Waals surface area (Å²) < 4.78 is 17.1. The molecular weight excluding hydrogens is 426 g/mol. The number of hydrogen-bond donors (Lipinski definition) is 2. The lowest BCUT2D eigenvalue weighted by atomic mass is 9.66. The lowest BCUT2D eigenvalue weighted by Crippen LogP contribution is -2.50. The van der Waals surface area contributed by atoms with Gasteiger partial charge in [0.25, 0.3) is 5.91 Å². The molecule has 1 saturated carbocycles. The van der Waals surface area contributed by atoms with Crippen LogP contribution in [-0.4, -0.2) is 41.8 Å². The third-order valence-electron chi connectivity index (χ3n) is 7.30. The van der Waals surface area contributed by atoms with Crippen LogP contribution in [-0.2, 0) is 14.3 Å². The molecule has 1 heterocycles.